The van der Waals surface area contributed by atoms with E-state index < -0.39 is 0 Å². The molecule has 1 N–H and O–H groups in total. The quantitative estimate of drug-likeness (QED) is 0.804. The highest BCUT2D eigenvalue weighted by molar-refractivity contribution is 5.58. The first-order valence-corrected chi connectivity index (χ1v) is 7.87. The molecule has 4 rings (SSSR count). The number of hydrogen-bond donors (Lipinski definition) is 1. The van der Waals surface area contributed by atoms with Crippen LogP contribution >= 0.6 is 0 Å². The second-order valence-corrected chi connectivity index (χ2v) is 5.64. The SMILES string of the molecule is c1ccc(C(c2cn[nH]c2-c2ccco2)N2CCOCC2)cc1. The molecule has 0 amide bonds. The van der Waals surface area contributed by atoms with E-state index in [0.717, 1.165) is 43.3 Å². The van der Waals surface area contributed by atoms with Gasteiger partial charge in [0, 0.05) is 18.7 Å². The van der Waals surface area contributed by atoms with Crippen molar-refractivity contribution in [3.63, 3.8) is 0 Å². The first-order valence-electron chi connectivity index (χ1n) is 7.87. The summed E-state index contributed by atoms with van der Waals surface area (Å²) in [6.45, 7) is 3.33. The summed E-state index contributed by atoms with van der Waals surface area (Å²) in [6.07, 6.45) is 3.59. The number of nitrogens with zero attached hydrogens (tertiary/aromatic N) is 2. The Morgan fingerprint density at radius 1 is 1.04 bits per heavy atom. The molecule has 3 aromatic rings. The summed E-state index contributed by atoms with van der Waals surface area (Å²) >= 11 is 0. The molecule has 1 aromatic carbocycles. The van der Waals surface area contributed by atoms with Crippen LogP contribution in [0.25, 0.3) is 11.5 Å². The summed E-state index contributed by atoms with van der Waals surface area (Å²) < 4.78 is 11.1. The largest absolute Gasteiger partial charge is 0.463 e. The zero-order chi connectivity index (χ0) is 15.5. The fraction of sp³-hybridized carbons (Fsp3) is 0.278. The van der Waals surface area contributed by atoms with Crippen LogP contribution in [0.2, 0.25) is 0 Å². The maximum atomic E-state index is 5.58. The molecule has 0 aliphatic carbocycles. The average molecular weight is 309 g/mol. The van der Waals surface area contributed by atoms with Gasteiger partial charge in [-0.2, -0.15) is 5.10 Å². The predicted octanol–water partition coefficient (Wildman–Crippen LogP) is 3.09. The van der Waals surface area contributed by atoms with Crippen molar-refractivity contribution in [2.24, 2.45) is 0 Å². The maximum absolute atomic E-state index is 5.58. The molecule has 1 fully saturated rings. The fourth-order valence-corrected chi connectivity index (χ4v) is 3.18. The van der Waals surface area contributed by atoms with Crippen molar-refractivity contribution in [1.29, 1.82) is 0 Å². The number of H-pyrrole nitrogens is 1. The molecule has 2 aromatic heterocycles. The van der Waals surface area contributed by atoms with Gasteiger partial charge in [0.1, 0.15) is 5.69 Å². The minimum absolute atomic E-state index is 0.138. The molecule has 1 unspecified atom stereocenters. The van der Waals surface area contributed by atoms with Crippen molar-refractivity contribution in [3.05, 3.63) is 66.1 Å². The van der Waals surface area contributed by atoms with Gasteiger partial charge in [-0.1, -0.05) is 30.3 Å². The molecule has 1 aliphatic rings. The van der Waals surface area contributed by atoms with Crippen molar-refractivity contribution in [2.45, 2.75) is 6.04 Å². The standard InChI is InChI=1S/C18H19N3O2/c1-2-5-14(6-3-1)18(21-8-11-22-12-9-21)15-13-19-20-17(15)16-7-4-10-23-16/h1-7,10,13,18H,8-9,11-12H2,(H,19,20). The third-order valence-corrected chi connectivity index (χ3v) is 4.26. The molecule has 5 heteroatoms. The Kier molecular flexibility index (Phi) is 3.96. The van der Waals surface area contributed by atoms with E-state index in [1.807, 2.05) is 24.4 Å². The van der Waals surface area contributed by atoms with Gasteiger partial charge in [0.2, 0.25) is 0 Å². The Balaban J connectivity index is 1.78. The Morgan fingerprint density at radius 2 is 1.87 bits per heavy atom. The molecular formula is C18H19N3O2. The van der Waals surface area contributed by atoms with E-state index in [1.165, 1.54) is 5.56 Å². The molecule has 3 heterocycles. The molecule has 0 spiro atoms. The predicted molar refractivity (Wildman–Crippen MR) is 87.0 cm³/mol. The number of nitrogens with one attached hydrogen (secondary N) is 1. The van der Waals surface area contributed by atoms with Crippen LogP contribution in [-0.2, 0) is 4.74 Å². The highest BCUT2D eigenvalue weighted by atomic mass is 16.5. The van der Waals surface area contributed by atoms with Gasteiger partial charge in [-0.3, -0.25) is 10.00 Å². The number of rotatable bonds is 4. The summed E-state index contributed by atoms with van der Waals surface area (Å²) in [5.41, 5.74) is 3.33. The van der Waals surface area contributed by atoms with Gasteiger partial charge in [-0.05, 0) is 17.7 Å². The summed E-state index contributed by atoms with van der Waals surface area (Å²) in [5.74, 6) is 0.812. The van der Waals surface area contributed by atoms with E-state index in [9.17, 15) is 0 Å². The zero-order valence-electron chi connectivity index (χ0n) is 12.8. The molecule has 0 radical (unpaired) electrons. The fourth-order valence-electron chi connectivity index (χ4n) is 3.18. The van der Waals surface area contributed by atoms with Gasteiger partial charge in [0.15, 0.2) is 5.76 Å². The van der Waals surface area contributed by atoms with E-state index in [-0.39, 0.29) is 6.04 Å². The Labute approximate surface area is 134 Å². The topological polar surface area (TPSA) is 54.3 Å². The summed E-state index contributed by atoms with van der Waals surface area (Å²) in [7, 11) is 0. The van der Waals surface area contributed by atoms with E-state index >= 15 is 0 Å². The average Bonchev–Trinajstić information content (AvgIpc) is 3.28. The van der Waals surface area contributed by atoms with Crippen LogP contribution in [0.1, 0.15) is 17.2 Å². The van der Waals surface area contributed by atoms with Crippen molar-refractivity contribution >= 4 is 0 Å². The second kappa shape index (κ2) is 6.40. The molecule has 1 aliphatic heterocycles. The number of ether oxygens (including phenoxy) is 1. The zero-order valence-corrected chi connectivity index (χ0v) is 12.8. The third kappa shape index (κ3) is 2.81. The minimum Gasteiger partial charge on any atom is -0.463 e. The molecule has 1 atom stereocenters. The number of aromatic amines is 1. The molecule has 0 bridgehead atoms. The van der Waals surface area contributed by atoms with Gasteiger partial charge in [-0.15, -0.1) is 0 Å². The number of morpholine rings is 1. The van der Waals surface area contributed by atoms with Gasteiger partial charge in [0.05, 0.1) is 31.7 Å². The van der Waals surface area contributed by atoms with Gasteiger partial charge in [-0.25, -0.2) is 0 Å². The second-order valence-electron chi connectivity index (χ2n) is 5.64. The lowest BCUT2D eigenvalue weighted by Crippen LogP contribution is -2.39. The summed E-state index contributed by atoms with van der Waals surface area (Å²) in [6, 6.07) is 14.5. The van der Waals surface area contributed by atoms with Crippen LogP contribution < -0.4 is 0 Å². The molecule has 5 nitrogen and oxygen atoms in total. The molecular weight excluding hydrogens is 290 g/mol. The lowest BCUT2D eigenvalue weighted by Gasteiger charge is -2.34. The van der Waals surface area contributed by atoms with Crippen LogP contribution in [-0.4, -0.2) is 41.4 Å². The molecule has 118 valence electrons. The van der Waals surface area contributed by atoms with Gasteiger partial charge < -0.3 is 9.15 Å². The normalized spacial score (nSPS) is 17.2. The van der Waals surface area contributed by atoms with Crippen molar-refractivity contribution in [2.75, 3.05) is 26.3 Å². The van der Waals surface area contributed by atoms with Crippen LogP contribution in [0.4, 0.5) is 0 Å². The Bertz CT molecular complexity index is 731. The maximum Gasteiger partial charge on any atom is 0.151 e. The number of benzene rings is 1. The molecule has 0 saturated carbocycles. The van der Waals surface area contributed by atoms with Gasteiger partial charge in [0.25, 0.3) is 0 Å². The summed E-state index contributed by atoms with van der Waals surface area (Å²) in [5, 5.41) is 7.37. The van der Waals surface area contributed by atoms with Crippen LogP contribution in [0.15, 0.2) is 59.3 Å². The monoisotopic (exact) mass is 309 g/mol. The third-order valence-electron chi connectivity index (χ3n) is 4.26. The molecule has 23 heavy (non-hydrogen) atoms. The summed E-state index contributed by atoms with van der Waals surface area (Å²) in [4.78, 5) is 2.44. The number of hydrogen-bond acceptors (Lipinski definition) is 4. The number of furan rings is 1. The highest BCUT2D eigenvalue weighted by Crippen LogP contribution is 2.35. The first-order chi connectivity index (χ1) is 11.4. The van der Waals surface area contributed by atoms with E-state index in [4.69, 9.17) is 9.15 Å². The minimum atomic E-state index is 0.138. The number of aromatic nitrogens is 2. The van der Waals surface area contributed by atoms with Crippen LogP contribution in [0.3, 0.4) is 0 Å². The highest BCUT2D eigenvalue weighted by Gasteiger charge is 2.28. The van der Waals surface area contributed by atoms with E-state index in [2.05, 4.69) is 39.4 Å². The smallest absolute Gasteiger partial charge is 0.151 e. The first kappa shape index (κ1) is 14.2. The Morgan fingerprint density at radius 3 is 2.61 bits per heavy atom. The van der Waals surface area contributed by atoms with Crippen molar-refractivity contribution in [3.8, 4) is 11.5 Å². The molecule has 1 saturated heterocycles. The van der Waals surface area contributed by atoms with Crippen molar-refractivity contribution < 1.29 is 9.15 Å². The van der Waals surface area contributed by atoms with Gasteiger partial charge >= 0.3 is 0 Å². The Hall–Kier alpha value is -2.37. The van der Waals surface area contributed by atoms with Crippen molar-refractivity contribution in [1.82, 2.24) is 15.1 Å². The van der Waals surface area contributed by atoms with Crippen LogP contribution in [0, 0.1) is 0 Å². The lowest BCUT2D eigenvalue weighted by molar-refractivity contribution is 0.0240. The lowest BCUT2D eigenvalue weighted by atomic mass is 9.96. The van der Waals surface area contributed by atoms with E-state index in [1.54, 1.807) is 6.26 Å². The van der Waals surface area contributed by atoms with Crippen LogP contribution in [0.5, 0.6) is 0 Å². The van der Waals surface area contributed by atoms with E-state index in [0.29, 0.717) is 0 Å².